The smallest absolute Gasteiger partial charge is 0.340 e. The van der Waals surface area contributed by atoms with Gasteiger partial charge < -0.3 is 19.5 Å². The fourth-order valence-electron chi connectivity index (χ4n) is 5.23. The molecule has 184 valence electrons. The van der Waals surface area contributed by atoms with Gasteiger partial charge in [-0.1, -0.05) is 13.8 Å². The molecule has 1 atom stereocenters. The number of H-pyrrole nitrogens is 1. The van der Waals surface area contributed by atoms with Crippen LogP contribution in [0.1, 0.15) is 72.1 Å². The minimum atomic E-state index is -0.399. The van der Waals surface area contributed by atoms with E-state index < -0.39 is 5.97 Å². The van der Waals surface area contributed by atoms with Crippen LogP contribution in [0, 0.1) is 25.7 Å². The molecule has 0 spiro atoms. The van der Waals surface area contributed by atoms with Crippen molar-refractivity contribution in [1.82, 2.24) is 19.7 Å². The van der Waals surface area contributed by atoms with E-state index in [1.807, 2.05) is 16.7 Å². The molecule has 2 amide bonds. The van der Waals surface area contributed by atoms with Crippen molar-refractivity contribution < 1.29 is 19.1 Å². The van der Waals surface area contributed by atoms with Crippen LogP contribution in [-0.4, -0.2) is 89.9 Å². The summed E-state index contributed by atoms with van der Waals surface area (Å²) >= 11 is 0. The number of esters is 1. The van der Waals surface area contributed by atoms with Crippen molar-refractivity contribution in [2.75, 3.05) is 52.4 Å². The van der Waals surface area contributed by atoms with Gasteiger partial charge in [0.15, 0.2) is 0 Å². The summed E-state index contributed by atoms with van der Waals surface area (Å²) < 4.78 is 5.14. The Morgan fingerprint density at radius 1 is 1.00 bits per heavy atom. The molecule has 2 fully saturated rings. The first-order chi connectivity index (χ1) is 15.8. The molecule has 8 heteroatoms. The lowest BCUT2D eigenvalue weighted by atomic mass is 9.84. The summed E-state index contributed by atoms with van der Waals surface area (Å²) in [7, 11) is 0. The molecular formula is C25H40N4O4. The van der Waals surface area contributed by atoms with E-state index in [1.165, 1.54) is 0 Å². The summed E-state index contributed by atoms with van der Waals surface area (Å²) in [5.41, 5.74) is 2.21. The van der Waals surface area contributed by atoms with Gasteiger partial charge in [0.2, 0.25) is 5.91 Å². The Labute approximate surface area is 197 Å². The lowest BCUT2D eigenvalue weighted by molar-refractivity contribution is -0.139. The minimum Gasteiger partial charge on any atom is -0.462 e. The zero-order chi connectivity index (χ0) is 24.1. The largest absolute Gasteiger partial charge is 0.462 e. The SMILES string of the molecule is CCCN1CCN(C(=O)C(C)C2CCN(C(=O)c3[nH]c(C)c(C(=O)OCC)c3C)CC2)CC1. The highest BCUT2D eigenvalue weighted by atomic mass is 16.5. The number of likely N-dealkylation sites (tertiary alicyclic amines) is 1. The quantitative estimate of drug-likeness (QED) is 0.633. The lowest BCUT2D eigenvalue weighted by Crippen LogP contribution is -2.51. The number of carbonyl (C=O) groups is 3. The van der Waals surface area contributed by atoms with Crippen molar-refractivity contribution in [1.29, 1.82) is 0 Å². The Balaban J connectivity index is 1.55. The standard InChI is InChI=1S/C25H40N4O4/c1-6-10-27-13-15-29(16-14-27)23(30)17(3)20-8-11-28(12-9-20)24(31)22-18(4)21(19(5)26-22)25(32)33-7-2/h17,20,26H,6-16H2,1-5H3. The van der Waals surface area contributed by atoms with Gasteiger partial charge >= 0.3 is 5.97 Å². The number of nitrogens with one attached hydrogen (secondary N) is 1. The molecular weight excluding hydrogens is 420 g/mol. The topological polar surface area (TPSA) is 86.0 Å². The Morgan fingerprint density at radius 3 is 2.21 bits per heavy atom. The minimum absolute atomic E-state index is 0.0233. The van der Waals surface area contributed by atoms with Gasteiger partial charge in [-0.25, -0.2) is 4.79 Å². The molecule has 0 aromatic carbocycles. The number of piperidine rings is 1. The molecule has 0 aliphatic carbocycles. The van der Waals surface area contributed by atoms with Crippen LogP contribution < -0.4 is 0 Å². The first-order valence-electron chi connectivity index (χ1n) is 12.4. The summed E-state index contributed by atoms with van der Waals surface area (Å²) in [6.07, 6.45) is 2.78. The van der Waals surface area contributed by atoms with E-state index in [0.717, 1.165) is 52.0 Å². The molecule has 0 radical (unpaired) electrons. The van der Waals surface area contributed by atoms with Gasteiger partial charge in [0.1, 0.15) is 5.69 Å². The van der Waals surface area contributed by atoms with Crippen LogP contribution in [0.2, 0.25) is 0 Å². The molecule has 1 aromatic rings. The second-order valence-electron chi connectivity index (χ2n) is 9.43. The average Bonchev–Trinajstić information content (AvgIpc) is 3.12. The van der Waals surface area contributed by atoms with E-state index in [9.17, 15) is 14.4 Å². The number of nitrogens with zero attached hydrogens (tertiary/aromatic N) is 3. The Morgan fingerprint density at radius 2 is 1.64 bits per heavy atom. The second kappa shape index (κ2) is 11.2. The van der Waals surface area contributed by atoms with Gasteiger partial charge in [0.05, 0.1) is 12.2 Å². The Bertz CT molecular complexity index is 849. The molecule has 1 unspecified atom stereocenters. The van der Waals surface area contributed by atoms with Crippen LogP contribution in [0.25, 0.3) is 0 Å². The lowest BCUT2D eigenvalue weighted by Gasteiger charge is -2.39. The van der Waals surface area contributed by atoms with Crippen LogP contribution in [0.5, 0.6) is 0 Å². The third-order valence-electron chi connectivity index (χ3n) is 7.28. The van der Waals surface area contributed by atoms with E-state index in [-0.39, 0.29) is 23.7 Å². The molecule has 2 aliphatic rings. The zero-order valence-electron chi connectivity index (χ0n) is 20.9. The average molecular weight is 461 g/mol. The first-order valence-corrected chi connectivity index (χ1v) is 12.4. The van der Waals surface area contributed by atoms with Crippen molar-refractivity contribution in [3.63, 3.8) is 0 Å². The molecule has 2 aliphatic heterocycles. The third kappa shape index (κ3) is 5.60. The summed E-state index contributed by atoms with van der Waals surface area (Å²) in [6, 6.07) is 0. The molecule has 3 heterocycles. The van der Waals surface area contributed by atoms with Crippen molar-refractivity contribution in [3.8, 4) is 0 Å². The third-order valence-corrected chi connectivity index (χ3v) is 7.28. The van der Waals surface area contributed by atoms with Gasteiger partial charge in [-0.2, -0.15) is 0 Å². The predicted octanol–water partition coefficient (Wildman–Crippen LogP) is 2.85. The van der Waals surface area contributed by atoms with Crippen LogP contribution in [0.4, 0.5) is 0 Å². The Hall–Kier alpha value is -2.35. The zero-order valence-corrected chi connectivity index (χ0v) is 20.9. The van der Waals surface area contributed by atoms with Crippen LogP contribution in [0.3, 0.4) is 0 Å². The Kier molecular flexibility index (Phi) is 8.57. The number of aryl methyl sites for hydroxylation is 1. The maximum Gasteiger partial charge on any atom is 0.340 e. The molecule has 0 saturated carbocycles. The number of aromatic nitrogens is 1. The maximum absolute atomic E-state index is 13.2. The van der Waals surface area contributed by atoms with Crippen molar-refractivity contribution in [3.05, 3.63) is 22.5 Å². The van der Waals surface area contributed by atoms with Gasteiger partial charge in [-0.05, 0) is 58.1 Å². The van der Waals surface area contributed by atoms with E-state index in [0.29, 0.717) is 42.2 Å². The van der Waals surface area contributed by atoms with Gasteiger partial charge in [-0.15, -0.1) is 0 Å². The fraction of sp³-hybridized carbons (Fsp3) is 0.720. The number of piperazine rings is 1. The molecule has 2 saturated heterocycles. The van der Waals surface area contributed by atoms with Crippen LogP contribution in [-0.2, 0) is 9.53 Å². The first kappa shape index (κ1) is 25.3. The fourth-order valence-corrected chi connectivity index (χ4v) is 5.23. The molecule has 1 N–H and O–H groups in total. The summed E-state index contributed by atoms with van der Waals surface area (Å²) in [5, 5.41) is 0. The van der Waals surface area contributed by atoms with E-state index >= 15 is 0 Å². The second-order valence-corrected chi connectivity index (χ2v) is 9.43. The van der Waals surface area contributed by atoms with Gasteiger partial charge in [0.25, 0.3) is 5.91 Å². The summed E-state index contributed by atoms with van der Waals surface area (Å²) in [5.74, 6) is 0.0347. The summed E-state index contributed by atoms with van der Waals surface area (Å²) in [6.45, 7) is 15.8. The molecule has 0 bridgehead atoms. The van der Waals surface area contributed by atoms with E-state index in [1.54, 1.807) is 20.8 Å². The van der Waals surface area contributed by atoms with E-state index in [4.69, 9.17) is 4.74 Å². The number of hydrogen-bond donors (Lipinski definition) is 1. The number of hydrogen-bond acceptors (Lipinski definition) is 5. The molecule has 3 rings (SSSR count). The number of carbonyl (C=O) groups excluding carboxylic acids is 3. The number of rotatable bonds is 7. The maximum atomic E-state index is 13.2. The number of aromatic amines is 1. The number of amides is 2. The highest BCUT2D eigenvalue weighted by Crippen LogP contribution is 2.29. The van der Waals surface area contributed by atoms with Crippen molar-refractivity contribution in [2.24, 2.45) is 11.8 Å². The van der Waals surface area contributed by atoms with Crippen LogP contribution in [0.15, 0.2) is 0 Å². The summed E-state index contributed by atoms with van der Waals surface area (Å²) in [4.78, 5) is 47.9. The molecule has 33 heavy (non-hydrogen) atoms. The molecule has 8 nitrogen and oxygen atoms in total. The predicted molar refractivity (Wildman–Crippen MR) is 127 cm³/mol. The van der Waals surface area contributed by atoms with Crippen molar-refractivity contribution >= 4 is 17.8 Å². The number of ether oxygens (including phenoxy) is 1. The van der Waals surface area contributed by atoms with Crippen LogP contribution >= 0.6 is 0 Å². The van der Waals surface area contributed by atoms with Crippen molar-refractivity contribution in [2.45, 2.75) is 53.9 Å². The normalized spacial score (nSPS) is 18.9. The monoisotopic (exact) mass is 460 g/mol. The van der Waals surface area contributed by atoms with E-state index in [2.05, 4.69) is 16.8 Å². The highest BCUT2D eigenvalue weighted by molar-refractivity contribution is 6.00. The van der Waals surface area contributed by atoms with Gasteiger partial charge in [0, 0.05) is 50.9 Å². The molecule has 1 aromatic heterocycles. The highest BCUT2D eigenvalue weighted by Gasteiger charge is 2.34. The van der Waals surface area contributed by atoms with Gasteiger partial charge in [-0.3, -0.25) is 14.5 Å².